The largest absolute Gasteiger partial charge is 0.501 e. The number of amides is 1. The molecule has 0 unspecified atom stereocenters. The van der Waals surface area contributed by atoms with Crippen LogP contribution in [0.5, 0.6) is 0 Å². The highest BCUT2D eigenvalue weighted by Crippen LogP contribution is 2.42. The van der Waals surface area contributed by atoms with Gasteiger partial charge in [0.2, 0.25) is 0 Å². The van der Waals surface area contributed by atoms with Gasteiger partial charge in [0.15, 0.2) is 0 Å². The van der Waals surface area contributed by atoms with Crippen molar-refractivity contribution < 1.29 is 44.3 Å². The van der Waals surface area contributed by atoms with Gasteiger partial charge in [0, 0.05) is 97.3 Å². The van der Waals surface area contributed by atoms with Crippen molar-refractivity contribution in [1.29, 1.82) is 0 Å². The zero-order chi connectivity index (χ0) is 47.8. The number of thioether (sulfide) groups is 1. The molecule has 19 heteroatoms. The fourth-order valence-corrected chi connectivity index (χ4v) is 11.8. The number of nitrogens with zero attached hydrogens (tertiary/aromatic N) is 3. The molecule has 0 spiro atoms. The van der Waals surface area contributed by atoms with Crippen LogP contribution in [0.15, 0.2) is 117 Å². The Bertz CT molecular complexity index is 2610. The Kier molecular flexibility index (Phi) is 16.5. The molecule has 2 saturated heterocycles. The number of alkyl halides is 3. The number of nitrogens with one attached hydrogen (secondary N) is 2. The minimum Gasteiger partial charge on any atom is -0.380 e. The van der Waals surface area contributed by atoms with Crippen LogP contribution in [-0.2, 0) is 29.4 Å². The second kappa shape index (κ2) is 21.9. The summed E-state index contributed by atoms with van der Waals surface area (Å²) in [5, 5.41) is 3.66. The highest BCUT2D eigenvalue weighted by molar-refractivity contribution is 7.99. The molecule has 1 aliphatic carbocycles. The van der Waals surface area contributed by atoms with Crippen LogP contribution in [-0.4, -0.2) is 122 Å². The molecule has 360 valence electrons. The van der Waals surface area contributed by atoms with Crippen molar-refractivity contribution in [2.75, 3.05) is 81.5 Å². The second-order valence-corrected chi connectivity index (χ2v) is 22.6. The van der Waals surface area contributed by atoms with Crippen LogP contribution >= 0.6 is 23.4 Å². The van der Waals surface area contributed by atoms with E-state index in [-0.39, 0.29) is 5.56 Å². The molecule has 2 heterocycles. The van der Waals surface area contributed by atoms with Gasteiger partial charge in [-0.1, -0.05) is 54.4 Å². The Labute approximate surface area is 400 Å². The zero-order valence-electron chi connectivity index (χ0n) is 37.1. The third-order valence-corrected chi connectivity index (χ3v) is 16.8. The van der Waals surface area contributed by atoms with Gasteiger partial charge in [-0.05, 0) is 110 Å². The summed E-state index contributed by atoms with van der Waals surface area (Å²) in [5.41, 5.74) is -2.22. The number of ether oxygens (including phenoxy) is 1. The lowest BCUT2D eigenvalue weighted by atomic mass is 9.72. The molecule has 2 atom stereocenters. The molecule has 12 nitrogen and oxygen atoms in total. The Balaban J connectivity index is 1.02. The number of sulfone groups is 1. The quantitative estimate of drug-likeness (QED) is 0.0774. The van der Waals surface area contributed by atoms with Gasteiger partial charge in [0.1, 0.15) is 11.2 Å². The molecular weight excluding hydrogens is 947 g/mol. The van der Waals surface area contributed by atoms with Gasteiger partial charge in [-0.15, -0.1) is 11.8 Å². The van der Waals surface area contributed by atoms with Gasteiger partial charge < -0.3 is 24.6 Å². The van der Waals surface area contributed by atoms with E-state index in [9.17, 15) is 39.6 Å². The number of piperazine rings is 1. The minimum atomic E-state index is -6.07. The first kappa shape index (κ1) is 50.4. The first-order valence-corrected chi connectivity index (χ1v) is 26.5. The van der Waals surface area contributed by atoms with E-state index in [0.29, 0.717) is 69.1 Å². The standard InChI is InChI=1S/C48H55ClF3N5O7S3/c1-47(34-58)20-18-43(35-8-12-38(49)13-9-35)37(31-47)32-56-23-25-57(26-24-56)40-14-10-36(11-15-40)46(59)54-67(62,63)42-16-17-44(45(30-42)66(60,61)48(50,51)52)53-39(33-65-41-6-3-2-4-7-41)19-22-55-21-5-28-64-29-27-55/h2-4,6-17,30,34,39,53H,5,18-29,31-33H2,1H3,(H,54,59)/t39-,47-/m1/s1. The highest BCUT2D eigenvalue weighted by Gasteiger charge is 2.48. The van der Waals surface area contributed by atoms with E-state index in [1.807, 2.05) is 66.2 Å². The number of hydrogen-bond donors (Lipinski definition) is 2. The van der Waals surface area contributed by atoms with Gasteiger partial charge >= 0.3 is 5.51 Å². The zero-order valence-corrected chi connectivity index (χ0v) is 40.3. The molecule has 0 bridgehead atoms. The fraction of sp³-hybridized carbons (Fsp3) is 0.417. The summed E-state index contributed by atoms with van der Waals surface area (Å²) in [5.74, 6) is -0.686. The predicted octanol–water partition coefficient (Wildman–Crippen LogP) is 8.40. The van der Waals surface area contributed by atoms with Crippen LogP contribution in [0, 0.1) is 5.41 Å². The number of sulfonamides is 1. The Hall–Kier alpha value is -4.43. The third kappa shape index (κ3) is 13.0. The predicted molar refractivity (Wildman–Crippen MR) is 257 cm³/mol. The number of benzene rings is 4. The van der Waals surface area contributed by atoms with E-state index in [0.717, 1.165) is 80.0 Å². The van der Waals surface area contributed by atoms with Crippen molar-refractivity contribution in [3.05, 3.63) is 119 Å². The summed E-state index contributed by atoms with van der Waals surface area (Å²) in [6, 6.07) is 25.3. The number of anilines is 2. The van der Waals surface area contributed by atoms with Crippen molar-refractivity contribution >= 4 is 72.4 Å². The van der Waals surface area contributed by atoms with Crippen LogP contribution in [0.3, 0.4) is 0 Å². The number of carbonyl (C=O) groups excluding carboxylic acids is 2. The summed E-state index contributed by atoms with van der Waals surface area (Å²) in [6.07, 6.45) is 4.57. The molecule has 0 saturated carbocycles. The number of halogens is 4. The van der Waals surface area contributed by atoms with E-state index in [2.05, 4.69) is 20.0 Å². The lowest BCUT2D eigenvalue weighted by Gasteiger charge is -2.39. The van der Waals surface area contributed by atoms with Crippen molar-refractivity contribution in [2.45, 2.75) is 65.3 Å². The smallest absolute Gasteiger partial charge is 0.380 e. The van der Waals surface area contributed by atoms with Crippen LogP contribution in [0.2, 0.25) is 5.02 Å². The SMILES string of the molecule is C[C@@]1(C=O)CCC(c2ccc(Cl)cc2)=C(CN2CCN(c3ccc(C(=O)NS(=O)(=O)c4ccc(N[C@H](CCN5CCCOCC5)CSc5ccccc5)c(S(=O)(=O)C(F)(F)F)c4)cc3)CC2)C1. The molecule has 4 aromatic carbocycles. The maximum Gasteiger partial charge on any atom is 0.501 e. The summed E-state index contributed by atoms with van der Waals surface area (Å²) in [4.78, 5) is 30.9. The van der Waals surface area contributed by atoms with Crippen LogP contribution in [0.1, 0.15) is 54.9 Å². The topological polar surface area (TPSA) is 145 Å². The Morgan fingerprint density at radius 3 is 2.30 bits per heavy atom. The first-order valence-electron chi connectivity index (χ1n) is 22.2. The maximum atomic E-state index is 14.2. The molecule has 0 radical (unpaired) electrons. The van der Waals surface area contributed by atoms with E-state index in [1.165, 1.54) is 35.0 Å². The van der Waals surface area contributed by atoms with Gasteiger partial charge in [0.05, 0.1) is 17.2 Å². The summed E-state index contributed by atoms with van der Waals surface area (Å²) >= 11 is 7.61. The Morgan fingerprint density at radius 2 is 1.61 bits per heavy atom. The molecule has 4 aromatic rings. The Morgan fingerprint density at radius 1 is 0.896 bits per heavy atom. The molecular formula is C48H55ClF3N5O7S3. The minimum absolute atomic E-state index is 0.0284. The molecule has 2 aliphatic heterocycles. The average molecular weight is 1000 g/mol. The molecule has 67 heavy (non-hydrogen) atoms. The molecule has 3 aliphatic rings. The van der Waals surface area contributed by atoms with Gasteiger partial charge in [0.25, 0.3) is 25.8 Å². The lowest BCUT2D eigenvalue weighted by molar-refractivity contribution is -0.115. The summed E-state index contributed by atoms with van der Waals surface area (Å²) < 4.78 is 104. The fourth-order valence-electron chi connectivity index (χ4n) is 8.65. The maximum absolute atomic E-state index is 14.2. The van der Waals surface area contributed by atoms with Crippen molar-refractivity contribution in [3.8, 4) is 0 Å². The van der Waals surface area contributed by atoms with E-state index < -0.39 is 58.2 Å². The van der Waals surface area contributed by atoms with Gasteiger partial charge in [-0.25, -0.2) is 21.6 Å². The van der Waals surface area contributed by atoms with Gasteiger partial charge in [-0.2, -0.15) is 13.2 Å². The highest BCUT2D eigenvalue weighted by atomic mass is 35.5. The molecule has 7 rings (SSSR count). The van der Waals surface area contributed by atoms with E-state index >= 15 is 0 Å². The van der Waals surface area contributed by atoms with Crippen molar-refractivity contribution in [3.63, 3.8) is 0 Å². The molecule has 1 amide bonds. The van der Waals surface area contributed by atoms with Crippen LogP contribution in [0.4, 0.5) is 24.5 Å². The van der Waals surface area contributed by atoms with Gasteiger partial charge in [-0.3, -0.25) is 9.69 Å². The second-order valence-electron chi connectivity index (χ2n) is 17.5. The van der Waals surface area contributed by atoms with Crippen LogP contribution in [0.25, 0.3) is 5.57 Å². The average Bonchev–Trinajstić information content (AvgIpc) is 3.59. The van der Waals surface area contributed by atoms with Crippen molar-refractivity contribution in [2.24, 2.45) is 5.41 Å². The van der Waals surface area contributed by atoms with Crippen LogP contribution < -0.4 is 14.9 Å². The summed E-state index contributed by atoms with van der Waals surface area (Å²) in [6.45, 7) is 8.69. The first-order chi connectivity index (χ1) is 31.9. The van der Waals surface area contributed by atoms with E-state index in [1.54, 1.807) is 12.1 Å². The van der Waals surface area contributed by atoms with E-state index in [4.69, 9.17) is 16.3 Å². The molecule has 2 N–H and O–H groups in total. The summed E-state index contributed by atoms with van der Waals surface area (Å²) in [7, 11) is -10.9. The monoisotopic (exact) mass is 1000 g/mol. The van der Waals surface area contributed by atoms with Crippen molar-refractivity contribution in [1.82, 2.24) is 14.5 Å². The normalized spacial score (nSPS) is 19.7. The third-order valence-electron chi connectivity index (χ3n) is 12.5. The molecule has 0 aromatic heterocycles. The number of carbonyl (C=O) groups is 2. The number of hydrogen-bond acceptors (Lipinski definition) is 12. The molecule has 2 fully saturated rings. The number of aldehydes is 1. The lowest BCUT2D eigenvalue weighted by Crippen LogP contribution is -2.47. The number of rotatable bonds is 17. The number of allylic oxidation sites excluding steroid dienone is 1.